The van der Waals surface area contributed by atoms with E-state index in [-0.39, 0.29) is 11.8 Å². The van der Waals surface area contributed by atoms with E-state index in [1.165, 1.54) is 24.0 Å². The molecule has 0 radical (unpaired) electrons. The van der Waals surface area contributed by atoms with Crippen LogP contribution in [0.2, 0.25) is 0 Å². The molecule has 3 nitrogen and oxygen atoms in total. The van der Waals surface area contributed by atoms with Crippen LogP contribution in [0.25, 0.3) is 0 Å². The summed E-state index contributed by atoms with van der Waals surface area (Å²) in [6, 6.07) is 8.52. The Kier molecular flexibility index (Phi) is 4.02. The van der Waals surface area contributed by atoms with Gasteiger partial charge in [0.15, 0.2) is 0 Å². The summed E-state index contributed by atoms with van der Waals surface area (Å²) in [5.41, 5.74) is 2.81. The van der Waals surface area contributed by atoms with Crippen LogP contribution in [0, 0.1) is 0 Å². The molecule has 1 fully saturated rings. The Balaban J connectivity index is 1.99. The fourth-order valence-corrected chi connectivity index (χ4v) is 2.44. The van der Waals surface area contributed by atoms with Crippen molar-refractivity contribution in [3.8, 4) is 0 Å². The maximum absolute atomic E-state index is 10.5. The van der Waals surface area contributed by atoms with Gasteiger partial charge in [0, 0.05) is 18.9 Å². The minimum Gasteiger partial charge on any atom is -0.481 e. The number of hydrogen-bond donors (Lipinski definition) is 1. The van der Waals surface area contributed by atoms with E-state index in [4.69, 9.17) is 9.84 Å². The molecule has 0 aliphatic heterocycles. The summed E-state index contributed by atoms with van der Waals surface area (Å²) < 4.78 is 5.30. The summed E-state index contributed by atoms with van der Waals surface area (Å²) in [6.45, 7) is 0.783. The van der Waals surface area contributed by atoms with Crippen molar-refractivity contribution < 1.29 is 14.6 Å². The highest BCUT2D eigenvalue weighted by Gasteiger charge is 2.44. The minimum absolute atomic E-state index is 0.234. The molecule has 1 N–H and O–H groups in total. The highest BCUT2D eigenvalue weighted by atomic mass is 16.5. The zero-order chi connectivity index (χ0) is 13.0. The van der Waals surface area contributed by atoms with Crippen molar-refractivity contribution in [3.05, 3.63) is 35.4 Å². The molecule has 0 amide bonds. The van der Waals surface area contributed by atoms with Crippen LogP contribution in [-0.2, 0) is 21.4 Å². The van der Waals surface area contributed by atoms with Gasteiger partial charge in [-0.15, -0.1) is 0 Å². The highest BCUT2D eigenvalue weighted by molar-refractivity contribution is 5.66. The summed E-state index contributed by atoms with van der Waals surface area (Å²) in [6.07, 6.45) is 4.17. The fraction of sp³-hybridized carbons (Fsp3) is 0.533. The molecule has 1 aromatic carbocycles. The fourth-order valence-electron chi connectivity index (χ4n) is 2.44. The third-order valence-corrected chi connectivity index (χ3v) is 3.67. The molecule has 0 heterocycles. The van der Waals surface area contributed by atoms with E-state index in [9.17, 15) is 4.79 Å². The van der Waals surface area contributed by atoms with Gasteiger partial charge >= 0.3 is 5.97 Å². The number of methoxy groups -OCH3 is 1. The average Bonchev–Trinajstić information content (AvgIpc) is 3.11. The first-order valence-corrected chi connectivity index (χ1v) is 6.46. The number of carboxylic acid groups (broad SMARTS) is 1. The maximum atomic E-state index is 10.5. The molecule has 1 aliphatic carbocycles. The standard InChI is InChI=1S/C15H20O3/c1-18-11-15(8-9-15)13-6-2-4-12(10-13)5-3-7-14(16)17/h2,4,6,10H,3,5,7-9,11H2,1H3,(H,16,17). The number of aliphatic carboxylic acids is 1. The molecule has 98 valence electrons. The van der Waals surface area contributed by atoms with Crippen LogP contribution in [0.3, 0.4) is 0 Å². The minimum atomic E-state index is -0.718. The van der Waals surface area contributed by atoms with E-state index in [0.29, 0.717) is 6.42 Å². The molecule has 0 aromatic heterocycles. The van der Waals surface area contributed by atoms with Crippen molar-refractivity contribution in [2.24, 2.45) is 0 Å². The first-order valence-electron chi connectivity index (χ1n) is 6.46. The molecule has 0 unspecified atom stereocenters. The van der Waals surface area contributed by atoms with Crippen molar-refractivity contribution in [1.29, 1.82) is 0 Å². The lowest BCUT2D eigenvalue weighted by atomic mass is 9.94. The van der Waals surface area contributed by atoms with Crippen molar-refractivity contribution in [2.45, 2.75) is 37.5 Å². The molecule has 1 saturated carbocycles. The summed E-state index contributed by atoms with van der Waals surface area (Å²) in [4.78, 5) is 10.5. The second-order valence-electron chi connectivity index (χ2n) is 5.16. The lowest BCUT2D eigenvalue weighted by Crippen LogP contribution is -2.14. The zero-order valence-corrected chi connectivity index (χ0v) is 10.8. The predicted molar refractivity (Wildman–Crippen MR) is 69.8 cm³/mol. The van der Waals surface area contributed by atoms with Crippen LogP contribution in [0.5, 0.6) is 0 Å². The van der Waals surface area contributed by atoms with Crippen molar-refractivity contribution >= 4 is 5.97 Å². The number of carboxylic acids is 1. The Hall–Kier alpha value is -1.35. The molecule has 0 atom stereocenters. The third-order valence-electron chi connectivity index (χ3n) is 3.67. The first kappa shape index (κ1) is 13.1. The maximum Gasteiger partial charge on any atom is 0.303 e. The third kappa shape index (κ3) is 3.10. The molecular weight excluding hydrogens is 228 g/mol. The van der Waals surface area contributed by atoms with E-state index in [0.717, 1.165) is 13.0 Å². The summed E-state index contributed by atoms with van der Waals surface area (Å²) >= 11 is 0. The number of carbonyl (C=O) groups is 1. The largest absolute Gasteiger partial charge is 0.481 e. The Bertz CT molecular complexity index is 422. The van der Waals surface area contributed by atoms with Gasteiger partial charge in [-0.2, -0.15) is 0 Å². The van der Waals surface area contributed by atoms with Crippen LogP contribution in [0.15, 0.2) is 24.3 Å². The molecule has 1 aliphatic rings. The van der Waals surface area contributed by atoms with E-state index < -0.39 is 5.97 Å². The van der Waals surface area contributed by atoms with Gasteiger partial charge in [0.05, 0.1) is 6.61 Å². The number of benzene rings is 1. The number of hydrogen-bond acceptors (Lipinski definition) is 2. The number of rotatable bonds is 7. The monoisotopic (exact) mass is 248 g/mol. The Morgan fingerprint density at radius 2 is 2.22 bits per heavy atom. The Morgan fingerprint density at radius 1 is 1.44 bits per heavy atom. The topological polar surface area (TPSA) is 46.5 Å². The number of ether oxygens (including phenoxy) is 1. The van der Waals surface area contributed by atoms with Gasteiger partial charge in [0.1, 0.15) is 0 Å². The summed E-state index contributed by atoms with van der Waals surface area (Å²) in [5, 5.41) is 8.64. The summed E-state index contributed by atoms with van der Waals surface area (Å²) in [5.74, 6) is -0.718. The lowest BCUT2D eigenvalue weighted by molar-refractivity contribution is -0.137. The molecule has 2 rings (SSSR count). The molecule has 0 saturated heterocycles. The smallest absolute Gasteiger partial charge is 0.303 e. The van der Waals surface area contributed by atoms with Crippen LogP contribution in [0.1, 0.15) is 36.8 Å². The quantitative estimate of drug-likeness (QED) is 0.807. The average molecular weight is 248 g/mol. The van der Waals surface area contributed by atoms with Crippen LogP contribution in [-0.4, -0.2) is 24.8 Å². The van der Waals surface area contributed by atoms with Crippen LogP contribution in [0.4, 0.5) is 0 Å². The highest BCUT2D eigenvalue weighted by Crippen LogP contribution is 2.48. The van der Waals surface area contributed by atoms with E-state index in [1.807, 2.05) is 0 Å². The van der Waals surface area contributed by atoms with Crippen molar-refractivity contribution in [1.82, 2.24) is 0 Å². The zero-order valence-electron chi connectivity index (χ0n) is 10.8. The molecule has 0 spiro atoms. The Morgan fingerprint density at radius 3 is 2.83 bits per heavy atom. The Labute approximate surface area is 108 Å². The van der Waals surface area contributed by atoms with Crippen LogP contribution < -0.4 is 0 Å². The second-order valence-corrected chi connectivity index (χ2v) is 5.16. The van der Waals surface area contributed by atoms with Gasteiger partial charge in [0.2, 0.25) is 0 Å². The SMILES string of the molecule is COCC1(c2cccc(CCCC(=O)O)c2)CC1. The van der Waals surface area contributed by atoms with Gasteiger partial charge in [0.25, 0.3) is 0 Å². The van der Waals surface area contributed by atoms with Gasteiger partial charge in [-0.1, -0.05) is 24.3 Å². The lowest BCUT2D eigenvalue weighted by Gasteiger charge is -2.15. The molecule has 1 aromatic rings. The van der Waals surface area contributed by atoms with Gasteiger partial charge in [-0.3, -0.25) is 4.79 Å². The van der Waals surface area contributed by atoms with Gasteiger partial charge in [-0.25, -0.2) is 0 Å². The first-order chi connectivity index (χ1) is 8.66. The van der Waals surface area contributed by atoms with E-state index in [2.05, 4.69) is 24.3 Å². The van der Waals surface area contributed by atoms with E-state index in [1.54, 1.807) is 7.11 Å². The summed E-state index contributed by atoms with van der Waals surface area (Å²) in [7, 11) is 1.75. The van der Waals surface area contributed by atoms with Crippen molar-refractivity contribution in [3.63, 3.8) is 0 Å². The normalized spacial score (nSPS) is 16.5. The van der Waals surface area contributed by atoms with Crippen LogP contribution >= 0.6 is 0 Å². The molecule has 18 heavy (non-hydrogen) atoms. The van der Waals surface area contributed by atoms with Gasteiger partial charge < -0.3 is 9.84 Å². The van der Waals surface area contributed by atoms with Crippen molar-refractivity contribution in [2.75, 3.05) is 13.7 Å². The number of aryl methyl sites for hydroxylation is 1. The molecular formula is C15H20O3. The van der Waals surface area contributed by atoms with E-state index >= 15 is 0 Å². The predicted octanol–water partition coefficient (Wildman–Crippen LogP) is 2.77. The van der Waals surface area contributed by atoms with Gasteiger partial charge in [-0.05, 0) is 36.8 Å². The second kappa shape index (κ2) is 5.53. The molecule has 0 bridgehead atoms. The molecule has 3 heteroatoms.